The maximum Gasteiger partial charge on any atom is 0.269 e. The van der Waals surface area contributed by atoms with Gasteiger partial charge in [0.25, 0.3) is 5.91 Å². The summed E-state index contributed by atoms with van der Waals surface area (Å²) >= 11 is 7.44. The van der Waals surface area contributed by atoms with E-state index in [2.05, 4.69) is 6.07 Å². The first-order chi connectivity index (χ1) is 14.9. The van der Waals surface area contributed by atoms with Gasteiger partial charge in [-0.15, -0.1) is 11.8 Å². The van der Waals surface area contributed by atoms with Crippen molar-refractivity contribution in [2.75, 3.05) is 15.6 Å². The summed E-state index contributed by atoms with van der Waals surface area (Å²) in [5.41, 5.74) is 5.59. The maximum atomic E-state index is 14.0. The van der Waals surface area contributed by atoms with Gasteiger partial charge in [0.05, 0.1) is 18.0 Å². The Labute approximate surface area is 190 Å². The Bertz CT molecular complexity index is 1190. The van der Waals surface area contributed by atoms with Gasteiger partial charge in [-0.2, -0.15) is 0 Å². The molecule has 3 aromatic carbocycles. The van der Waals surface area contributed by atoms with E-state index in [-0.39, 0.29) is 17.6 Å². The van der Waals surface area contributed by atoms with E-state index in [4.69, 9.17) is 11.6 Å². The molecule has 0 N–H and O–H groups in total. The largest absolute Gasteiger partial charge is 0.304 e. The second-order valence-electron chi connectivity index (χ2n) is 8.04. The summed E-state index contributed by atoms with van der Waals surface area (Å²) < 4.78 is 0. The van der Waals surface area contributed by atoms with Crippen LogP contribution in [0, 0.1) is 13.8 Å². The molecule has 2 aliphatic heterocycles. The summed E-state index contributed by atoms with van der Waals surface area (Å²) in [7, 11) is 0. The SMILES string of the molecule is Cc1cc(C)cc(N2C(=O)CS[C@@]23C(=O)N(Cc2ccc(Cl)cc2)c2ccccc23)c1. The van der Waals surface area contributed by atoms with Gasteiger partial charge < -0.3 is 4.90 Å². The number of amides is 2. The number of benzene rings is 3. The van der Waals surface area contributed by atoms with E-state index in [1.807, 2.05) is 74.5 Å². The Balaban J connectivity index is 1.65. The van der Waals surface area contributed by atoms with E-state index in [0.717, 1.165) is 33.6 Å². The molecule has 156 valence electrons. The normalized spacial score (nSPS) is 20.1. The lowest BCUT2D eigenvalue weighted by Gasteiger charge is -2.33. The number of hydrogen-bond acceptors (Lipinski definition) is 3. The predicted octanol–water partition coefficient (Wildman–Crippen LogP) is 5.44. The number of thioether (sulfide) groups is 1. The molecule has 2 amide bonds. The maximum absolute atomic E-state index is 14.0. The van der Waals surface area contributed by atoms with Gasteiger partial charge in [0, 0.05) is 16.3 Å². The highest BCUT2D eigenvalue weighted by Gasteiger charge is 2.60. The third-order valence-corrected chi connectivity index (χ3v) is 7.42. The summed E-state index contributed by atoms with van der Waals surface area (Å²) in [6.07, 6.45) is 0. The van der Waals surface area contributed by atoms with Gasteiger partial charge in [0.15, 0.2) is 0 Å². The van der Waals surface area contributed by atoms with Gasteiger partial charge in [-0.05, 0) is 60.9 Å². The lowest BCUT2D eigenvalue weighted by atomic mass is 10.0. The van der Waals surface area contributed by atoms with Crippen LogP contribution in [0.25, 0.3) is 0 Å². The van der Waals surface area contributed by atoms with Crippen LogP contribution in [0.4, 0.5) is 11.4 Å². The van der Waals surface area contributed by atoms with E-state index in [9.17, 15) is 9.59 Å². The van der Waals surface area contributed by atoms with Gasteiger partial charge in [-0.25, -0.2) is 0 Å². The fourth-order valence-corrected chi connectivity index (χ4v) is 6.05. The van der Waals surface area contributed by atoms with Crippen LogP contribution < -0.4 is 9.80 Å². The van der Waals surface area contributed by atoms with Crippen molar-refractivity contribution in [2.45, 2.75) is 25.3 Å². The highest BCUT2D eigenvalue weighted by molar-refractivity contribution is 8.02. The van der Waals surface area contributed by atoms with Crippen LogP contribution in [0.2, 0.25) is 5.02 Å². The highest BCUT2D eigenvalue weighted by atomic mass is 35.5. The quantitative estimate of drug-likeness (QED) is 0.536. The number of halogens is 1. The first kappa shape index (κ1) is 20.2. The molecule has 6 heteroatoms. The first-order valence-electron chi connectivity index (χ1n) is 10.1. The second kappa shape index (κ2) is 7.43. The zero-order valence-corrected chi connectivity index (χ0v) is 18.8. The number of aryl methyl sites for hydroxylation is 2. The molecular formula is C25H21ClN2O2S. The second-order valence-corrected chi connectivity index (χ2v) is 9.65. The number of nitrogens with zero attached hydrogens (tertiary/aromatic N) is 2. The number of hydrogen-bond donors (Lipinski definition) is 0. The smallest absolute Gasteiger partial charge is 0.269 e. The Hall–Kier alpha value is -2.76. The molecule has 1 spiro atoms. The molecule has 0 radical (unpaired) electrons. The number of carbonyl (C=O) groups is 2. The summed E-state index contributed by atoms with van der Waals surface area (Å²) in [6, 6.07) is 21.3. The minimum absolute atomic E-state index is 0.0495. The first-order valence-corrected chi connectivity index (χ1v) is 11.5. The van der Waals surface area contributed by atoms with E-state index in [1.165, 1.54) is 11.8 Å². The van der Waals surface area contributed by atoms with Gasteiger partial charge in [-0.1, -0.05) is 48.0 Å². The molecule has 3 aromatic rings. The summed E-state index contributed by atoms with van der Waals surface area (Å²) in [4.78, 5) is 29.6. The molecule has 0 saturated carbocycles. The number of anilines is 2. The van der Waals surface area contributed by atoms with Gasteiger partial charge >= 0.3 is 0 Å². The van der Waals surface area contributed by atoms with Crippen molar-refractivity contribution in [1.82, 2.24) is 0 Å². The molecule has 0 aromatic heterocycles. The van der Waals surface area contributed by atoms with Crippen LogP contribution in [-0.4, -0.2) is 17.6 Å². The number of fused-ring (bicyclic) bond motifs is 2. The molecule has 5 rings (SSSR count). The topological polar surface area (TPSA) is 40.6 Å². The fourth-order valence-electron chi connectivity index (χ4n) is 4.56. The van der Waals surface area contributed by atoms with Crippen LogP contribution in [0.15, 0.2) is 66.7 Å². The number of para-hydroxylation sites is 1. The average Bonchev–Trinajstić information content (AvgIpc) is 3.20. The molecule has 31 heavy (non-hydrogen) atoms. The minimum atomic E-state index is -1.08. The van der Waals surface area contributed by atoms with Crippen molar-refractivity contribution >= 4 is 46.6 Å². The molecule has 0 unspecified atom stereocenters. The molecule has 2 heterocycles. The highest BCUT2D eigenvalue weighted by Crippen LogP contribution is 2.56. The molecule has 0 bridgehead atoms. The lowest BCUT2D eigenvalue weighted by molar-refractivity contribution is -0.123. The molecule has 1 atom stereocenters. The van der Waals surface area contributed by atoms with Crippen LogP contribution in [0.1, 0.15) is 22.3 Å². The summed E-state index contributed by atoms with van der Waals surface area (Å²) in [5, 5.41) is 0.659. The van der Waals surface area contributed by atoms with Crippen molar-refractivity contribution in [3.05, 3.63) is 94.0 Å². The van der Waals surface area contributed by atoms with E-state index in [0.29, 0.717) is 11.6 Å². The van der Waals surface area contributed by atoms with Crippen molar-refractivity contribution in [2.24, 2.45) is 0 Å². The fraction of sp³-hybridized carbons (Fsp3) is 0.200. The third kappa shape index (κ3) is 3.15. The van der Waals surface area contributed by atoms with Gasteiger partial charge in [-0.3, -0.25) is 14.5 Å². The number of rotatable bonds is 3. The third-order valence-electron chi connectivity index (χ3n) is 5.78. The van der Waals surface area contributed by atoms with E-state index in [1.54, 1.807) is 9.80 Å². The van der Waals surface area contributed by atoms with Gasteiger partial charge in [0.2, 0.25) is 10.8 Å². The molecule has 1 saturated heterocycles. The van der Waals surface area contributed by atoms with Gasteiger partial charge in [0.1, 0.15) is 0 Å². The minimum Gasteiger partial charge on any atom is -0.304 e. The molecular weight excluding hydrogens is 428 g/mol. The molecule has 4 nitrogen and oxygen atoms in total. The van der Waals surface area contributed by atoms with Crippen molar-refractivity contribution in [3.63, 3.8) is 0 Å². The van der Waals surface area contributed by atoms with E-state index >= 15 is 0 Å². The van der Waals surface area contributed by atoms with E-state index < -0.39 is 4.87 Å². The number of carbonyl (C=O) groups excluding carboxylic acids is 2. The van der Waals surface area contributed by atoms with Crippen molar-refractivity contribution < 1.29 is 9.59 Å². The van der Waals surface area contributed by atoms with Crippen molar-refractivity contribution in [3.8, 4) is 0 Å². The zero-order chi connectivity index (χ0) is 21.8. The van der Waals surface area contributed by atoms with Crippen LogP contribution in [0.5, 0.6) is 0 Å². The van der Waals surface area contributed by atoms with Crippen LogP contribution in [-0.2, 0) is 21.0 Å². The summed E-state index contributed by atoms with van der Waals surface area (Å²) in [5.74, 6) is 0.132. The molecule has 2 aliphatic rings. The monoisotopic (exact) mass is 448 g/mol. The van der Waals surface area contributed by atoms with Crippen LogP contribution in [0.3, 0.4) is 0 Å². The summed E-state index contributed by atoms with van der Waals surface area (Å²) in [6.45, 7) is 4.44. The Morgan fingerprint density at radius 1 is 0.968 bits per heavy atom. The average molecular weight is 449 g/mol. The lowest BCUT2D eigenvalue weighted by Crippen LogP contribution is -2.49. The standard InChI is InChI=1S/C25H21ClN2O2S/c1-16-11-17(2)13-20(12-16)28-23(29)15-31-25(28)21-5-3-4-6-22(21)27(24(25)30)14-18-7-9-19(26)10-8-18/h3-13H,14-15H2,1-2H3/t25-/m0/s1. The Morgan fingerprint density at radius 3 is 2.35 bits per heavy atom. The molecule has 1 fully saturated rings. The zero-order valence-electron chi connectivity index (χ0n) is 17.3. The van der Waals surface area contributed by atoms with Crippen LogP contribution >= 0.6 is 23.4 Å². The Morgan fingerprint density at radius 2 is 1.65 bits per heavy atom. The molecule has 0 aliphatic carbocycles. The predicted molar refractivity (Wildman–Crippen MR) is 127 cm³/mol. The Kier molecular flexibility index (Phi) is 4.83. The van der Waals surface area contributed by atoms with Crippen molar-refractivity contribution in [1.29, 1.82) is 0 Å².